The quantitative estimate of drug-likeness (QED) is 0.856. The van der Waals surface area contributed by atoms with Gasteiger partial charge in [0.1, 0.15) is 0 Å². The standard InChI is InChI=1S/C13H13F3N4O/c1-2-20-7-8(6-18-20)19-12(21)9-4-3-5-10(11(9)17)13(14,15)16/h3-7H,2,17H2,1H3,(H,19,21). The Morgan fingerprint density at radius 3 is 2.71 bits per heavy atom. The topological polar surface area (TPSA) is 72.9 Å². The van der Waals surface area contributed by atoms with Crippen molar-refractivity contribution in [2.75, 3.05) is 11.1 Å². The summed E-state index contributed by atoms with van der Waals surface area (Å²) >= 11 is 0. The predicted octanol–water partition coefficient (Wildman–Crippen LogP) is 2.76. The Balaban J connectivity index is 2.27. The number of hydrogen-bond acceptors (Lipinski definition) is 3. The number of benzene rings is 1. The third-order valence-corrected chi connectivity index (χ3v) is 2.87. The van der Waals surface area contributed by atoms with E-state index in [4.69, 9.17) is 5.73 Å². The second-order valence-electron chi connectivity index (χ2n) is 4.30. The minimum absolute atomic E-state index is 0.228. The van der Waals surface area contributed by atoms with Crippen molar-refractivity contribution in [1.29, 1.82) is 0 Å². The van der Waals surface area contributed by atoms with Gasteiger partial charge in [0.25, 0.3) is 5.91 Å². The lowest BCUT2D eigenvalue weighted by Crippen LogP contribution is -2.17. The summed E-state index contributed by atoms with van der Waals surface area (Å²) in [6.07, 6.45) is -1.62. The summed E-state index contributed by atoms with van der Waals surface area (Å²) in [5.41, 5.74) is 3.99. The van der Waals surface area contributed by atoms with Crippen LogP contribution in [-0.4, -0.2) is 15.7 Å². The number of nitrogens with zero attached hydrogens (tertiary/aromatic N) is 2. The molecule has 2 rings (SSSR count). The van der Waals surface area contributed by atoms with E-state index in [9.17, 15) is 18.0 Å². The van der Waals surface area contributed by atoms with Crippen LogP contribution in [0.1, 0.15) is 22.8 Å². The number of aryl methyl sites for hydroxylation is 1. The molecule has 1 heterocycles. The van der Waals surface area contributed by atoms with Gasteiger partial charge in [0, 0.05) is 12.7 Å². The van der Waals surface area contributed by atoms with Crippen molar-refractivity contribution in [3.05, 3.63) is 41.7 Å². The number of rotatable bonds is 3. The van der Waals surface area contributed by atoms with Gasteiger partial charge in [-0.15, -0.1) is 0 Å². The Morgan fingerprint density at radius 1 is 1.43 bits per heavy atom. The maximum atomic E-state index is 12.7. The van der Waals surface area contributed by atoms with E-state index in [2.05, 4.69) is 10.4 Å². The zero-order valence-electron chi connectivity index (χ0n) is 11.1. The first-order valence-electron chi connectivity index (χ1n) is 6.12. The number of alkyl halides is 3. The van der Waals surface area contributed by atoms with E-state index >= 15 is 0 Å². The van der Waals surface area contributed by atoms with E-state index in [0.29, 0.717) is 12.2 Å². The number of nitrogens with two attached hydrogens (primary N) is 1. The molecule has 5 nitrogen and oxygen atoms in total. The average molecular weight is 298 g/mol. The van der Waals surface area contributed by atoms with Crippen molar-refractivity contribution in [3.63, 3.8) is 0 Å². The second-order valence-corrected chi connectivity index (χ2v) is 4.30. The molecule has 0 aliphatic carbocycles. The Bertz CT molecular complexity index is 664. The Labute approximate surface area is 118 Å². The summed E-state index contributed by atoms with van der Waals surface area (Å²) < 4.78 is 39.8. The maximum absolute atomic E-state index is 12.7. The molecule has 0 unspecified atom stereocenters. The highest BCUT2D eigenvalue weighted by Gasteiger charge is 2.34. The lowest BCUT2D eigenvalue weighted by atomic mass is 10.1. The summed E-state index contributed by atoms with van der Waals surface area (Å²) in [6, 6.07) is 3.22. The van der Waals surface area contributed by atoms with Crippen molar-refractivity contribution in [1.82, 2.24) is 9.78 Å². The van der Waals surface area contributed by atoms with Crippen molar-refractivity contribution < 1.29 is 18.0 Å². The van der Waals surface area contributed by atoms with Crippen LogP contribution in [0.25, 0.3) is 0 Å². The first-order chi connectivity index (χ1) is 9.82. The van der Waals surface area contributed by atoms with Gasteiger partial charge in [-0.1, -0.05) is 6.07 Å². The van der Waals surface area contributed by atoms with E-state index < -0.39 is 23.3 Å². The third-order valence-electron chi connectivity index (χ3n) is 2.87. The molecule has 1 amide bonds. The number of carbonyl (C=O) groups excluding carboxylic acids is 1. The molecule has 112 valence electrons. The van der Waals surface area contributed by atoms with Crippen molar-refractivity contribution in [2.45, 2.75) is 19.6 Å². The van der Waals surface area contributed by atoms with Crippen molar-refractivity contribution in [3.8, 4) is 0 Å². The van der Waals surface area contributed by atoms with Crippen molar-refractivity contribution >= 4 is 17.3 Å². The van der Waals surface area contributed by atoms with Gasteiger partial charge < -0.3 is 11.1 Å². The minimum Gasteiger partial charge on any atom is -0.398 e. The van der Waals surface area contributed by atoms with E-state index in [1.807, 2.05) is 6.92 Å². The van der Waals surface area contributed by atoms with Gasteiger partial charge in [0.2, 0.25) is 0 Å². The average Bonchev–Trinajstić information content (AvgIpc) is 2.85. The van der Waals surface area contributed by atoms with Crippen LogP contribution < -0.4 is 11.1 Å². The summed E-state index contributed by atoms with van der Waals surface area (Å²) in [5, 5.41) is 6.41. The van der Waals surface area contributed by atoms with Gasteiger partial charge in [0.15, 0.2) is 0 Å². The molecule has 0 saturated heterocycles. The number of nitrogen functional groups attached to an aromatic ring is 1. The molecule has 0 spiro atoms. The number of hydrogen-bond donors (Lipinski definition) is 2. The number of aromatic nitrogens is 2. The molecule has 21 heavy (non-hydrogen) atoms. The van der Waals surface area contributed by atoms with Crippen LogP contribution in [0.4, 0.5) is 24.5 Å². The number of amides is 1. The molecule has 8 heteroatoms. The SMILES string of the molecule is CCn1cc(NC(=O)c2cccc(C(F)(F)F)c2N)cn1. The van der Waals surface area contributed by atoms with Crippen LogP contribution >= 0.6 is 0 Å². The highest BCUT2D eigenvalue weighted by atomic mass is 19.4. The molecule has 3 N–H and O–H groups in total. The third kappa shape index (κ3) is 3.15. The molecule has 0 aliphatic heterocycles. The predicted molar refractivity (Wildman–Crippen MR) is 71.7 cm³/mol. The number of carbonyl (C=O) groups is 1. The van der Waals surface area contributed by atoms with E-state index in [1.54, 1.807) is 10.9 Å². The van der Waals surface area contributed by atoms with Crippen LogP contribution in [0.2, 0.25) is 0 Å². The number of anilines is 2. The van der Waals surface area contributed by atoms with Gasteiger partial charge in [-0.2, -0.15) is 18.3 Å². The van der Waals surface area contributed by atoms with E-state index in [1.165, 1.54) is 12.3 Å². The van der Waals surface area contributed by atoms with E-state index in [-0.39, 0.29) is 5.56 Å². The minimum atomic E-state index is -4.60. The van der Waals surface area contributed by atoms with Gasteiger partial charge >= 0.3 is 6.18 Å². The molecule has 1 aromatic carbocycles. The van der Waals surface area contributed by atoms with Crippen LogP contribution in [0, 0.1) is 0 Å². The first-order valence-corrected chi connectivity index (χ1v) is 6.12. The first kappa shape index (κ1) is 14.9. The van der Waals surface area contributed by atoms with Gasteiger partial charge in [0.05, 0.1) is 28.7 Å². The zero-order valence-corrected chi connectivity index (χ0v) is 11.1. The summed E-state index contributed by atoms with van der Waals surface area (Å²) in [7, 11) is 0. The molecular formula is C13H13F3N4O. The van der Waals surface area contributed by atoms with Gasteiger partial charge in [-0.3, -0.25) is 9.48 Å². The summed E-state index contributed by atoms with van der Waals surface area (Å²) in [6.45, 7) is 2.48. The number of nitrogens with one attached hydrogen (secondary N) is 1. The molecule has 0 saturated carbocycles. The summed E-state index contributed by atoms with van der Waals surface area (Å²) in [5.74, 6) is -0.714. The molecular weight excluding hydrogens is 285 g/mol. The van der Waals surface area contributed by atoms with Gasteiger partial charge in [-0.05, 0) is 19.1 Å². The fraction of sp³-hybridized carbons (Fsp3) is 0.231. The lowest BCUT2D eigenvalue weighted by molar-refractivity contribution is -0.136. The fourth-order valence-electron chi connectivity index (χ4n) is 1.81. The monoisotopic (exact) mass is 298 g/mol. The molecule has 0 bridgehead atoms. The Morgan fingerprint density at radius 2 is 2.14 bits per heavy atom. The molecule has 0 radical (unpaired) electrons. The normalized spacial score (nSPS) is 11.4. The van der Waals surface area contributed by atoms with Crippen molar-refractivity contribution in [2.24, 2.45) is 0 Å². The molecule has 0 atom stereocenters. The lowest BCUT2D eigenvalue weighted by Gasteiger charge is -2.13. The van der Waals surface area contributed by atoms with E-state index in [0.717, 1.165) is 12.1 Å². The fourth-order valence-corrected chi connectivity index (χ4v) is 1.81. The number of halogens is 3. The number of para-hydroxylation sites is 1. The maximum Gasteiger partial charge on any atom is 0.418 e. The molecule has 0 fully saturated rings. The van der Waals surface area contributed by atoms with Crippen LogP contribution in [-0.2, 0) is 12.7 Å². The molecule has 2 aromatic rings. The molecule has 1 aromatic heterocycles. The molecule has 0 aliphatic rings. The Hall–Kier alpha value is -2.51. The highest BCUT2D eigenvalue weighted by Crippen LogP contribution is 2.35. The van der Waals surface area contributed by atoms with Crippen LogP contribution in [0.3, 0.4) is 0 Å². The van der Waals surface area contributed by atoms with Gasteiger partial charge in [-0.25, -0.2) is 0 Å². The second kappa shape index (κ2) is 5.47. The van der Waals surface area contributed by atoms with Crippen LogP contribution in [0.15, 0.2) is 30.6 Å². The summed E-state index contributed by atoms with van der Waals surface area (Å²) in [4.78, 5) is 12.0. The zero-order chi connectivity index (χ0) is 15.6. The highest BCUT2D eigenvalue weighted by molar-refractivity contribution is 6.08. The smallest absolute Gasteiger partial charge is 0.398 e. The Kier molecular flexibility index (Phi) is 3.88. The largest absolute Gasteiger partial charge is 0.418 e. The van der Waals surface area contributed by atoms with Crippen LogP contribution in [0.5, 0.6) is 0 Å².